The highest BCUT2D eigenvalue weighted by molar-refractivity contribution is 6.14. The van der Waals surface area contributed by atoms with E-state index in [1.807, 2.05) is 0 Å². The summed E-state index contributed by atoms with van der Waals surface area (Å²) in [6.07, 6.45) is 1.11. The number of fused-ring (bicyclic) bond motifs is 1. The Hall–Kier alpha value is -3.48. The first kappa shape index (κ1) is 18.3. The Morgan fingerprint density at radius 2 is 1.78 bits per heavy atom. The van der Waals surface area contributed by atoms with Crippen LogP contribution in [0.1, 0.15) is 15.9 Å². The lowest BCUT2D eigenvalue weighted by Crippen LogP contribution is -2.25. The Morgan fingerprint density at radius 3 is 2.44 bits per heavy atom. The van der Waals surface area contributed by atoms with Gasteiger partial charge in [0, 0.05) is 20.2 Å². The molecule has 7 heteroatoms. The van der Waals surface area contributed by atoms with Gasteiger partial charge in [0.05, 0.1) is 19.8 Å². The zero-order valence-electron chi connectivity index (χ0n) is 15.4. The molecule has 1 aliphatic heterocycles. The summed E-state index contributed by atoms with van der Waals surface area (Å²) >= 11 is 0. The smallest absolute Gasteiger partial charge is 0.414 e. The summed E-state index contributed by atoms with van der Waals surface area (Å²) in [4.78, 5) is 25.5. The molecule has 0 unspecified atom stereocenters. The SMILES string of the molecule is COc1ccc(C=C2Oc3cc(OC(=O)N(C)C)ccc3C2=O)cc1OC. The molecule has 0 bridgehead atoms. The Labute approximate surface area is 156 Å². The molecule has 0 saturated carbocycles. The van der Waals surface area contributed by atoms with Gasteiger partial charge in [-0.15, -0.1) is 0 Å². The number of ether oxygens (including phenoxy) is 4. The minimum atomic E-state index is -0.514. The van der Waals surface area contributed by atoms with Gasteiger partial charge in [0.2, 0.25) is 5.78 Å². The fourth-order valence-electron chi connectivity index (χ4n) is 2.52. The summed E-state index contributed by atoms with van der Waals surface area (Å²) in [7, 11) is 6.26. The minimum absolute atomic E-state index is 0.174. The van der Waals surface area contributed by atoms with Crippen molar-refractivity contribution in [3.63, 3.8) is 0 Å². The average molecular weight is 369 g/mol. The summed E-state index contributed by atoms with van der Waals surface area (Å²) in [5, 5.41) is 0. The lowest BCUT2D eigenvalue weighted by Gasteiger charge is -2.10. The molecule has 1 heterocycles. The van der Waals surface area contributed by atoms with Crippen LogP contribution in [0.3, 0.4) is 0 Å². The molecule has 27 heavy (non-hydrogen) atoms. The number of rotatable bonds is 4. The monoisotopic (exact) mass is 369 g/mol. The second kappa shape index (κ2) is 7.41. The van der Waals surface area contributed by atoms with Gasteiger partial charge in [-0.2, -0.15) is 0 Å². The summed E-state index contributed by atoms with van der Waals surface area (Å²) in [5.41, 5.74) is 1.13. The van der Waals surface area contributed by atoms with Crippen molar-refractivity contribution >= 4 is 18.0 Å². The topological polar surface area (TPSA) is 74.3 Å². The summed E-state index contributed by atoms with van der Waals surface area (Å²) in [6, 6.07) is 9.93. The van der Waals surface area contributed by atoms with E-state index in [0.717, 1.165) is 5.56 Å². The first-order valence-corrected chi connectivity index (χ1v) is 8.12. The molecule has 0 radical (unpaired) electrons. The van der Waals surface area contributed by atoms with E-state index < -0.39 is 6.09 Å². The summed E-state index contributed by atoms with van der Waals surface area (Å²) < 4.78 is 21.3. The van der Waals surface area contributed by atoms with Crippen molar-refractivity contribution < 1.29 is 28.5 Å². The first-order valence-electron chi connectivity index (χ1n) is 8.12. The van der Waals surface area contributed by atoms with Gasteiger partial charge >= 0.3 is 6.09 Å². The molecule has 1 aliphatic rings. The van der Waals surface area contributed by atoms with Gasteiger partial charge < -0.3 is 23.8 Å². The average Bonchev–Trinajstić information content (AvgIpc) is 2.96. The van der Waals surface area contributed by atoms with Crippen molar-refractivity contribution in [1.29, 1.82) is 0 Å². The van der Waals surface area contributed by atoms with E-state index in [1.165, 1.54) is 11.0 Å². The van der Waals surface area contributed by atoms with E-state index in [0.29, 0.717) is 28.6 Å². The molecule has 7 nitrogen and oxygen atoms in total. The molecule has 0 atom stereocenters. The number of amides is 1. The molecular formula is C20H19NO6. The van der Waals surface area contributed by atoms with E-state index in [2.05, 4.69) is 0 Å². The minimum Gasteiger partial charge on any atom is -0.493 e. The maximum absolute atomic E-state index is 12.6. The van der Waals surface area contributed by atoms with Gasteiger partial charge in [-0.25, -0.2) is 4.79 Å². The Balaban J connectivity index is 1.86. The molecule has 3 rings (SSSR count). The van der Waals surface area contributed by atoms with E-state index in [-0.39, 0.29) is 11.5 Å². The summed E-state index contributed by atoms with van der Waals surface area (Å²) in [6.45, 7) is 0. The number of methoxy groups -OCH3 is 2. The molecule has 0 fully saturated rings. The van der Waals surface area contributed by atoms with Gasteiger partial charge in [-0.3, -0.25) is 4.79 Å². The van der Waals surface area contributed by atoms with Gasteiger partial charge in [-0.1, -0.05) is 6.07 Å². The largest absolute Gasteiger partial charge is 0.493 e. The highest BCUT2D eigenvalue weighted by atomic mass is 16.6. The van der Waals surface area contributed by atoms with E-state index in [4.69, 9.17) is 18.9 Å². The van der Waals surface area contributed by atoms with Crippen LogP contribution in [0.5, 0.6) is 23.0 Å². The molecule has 0 N–H and O–H groups in total. The van der Waals surface area contributed by atoms with E-state index in [9.17, 15) is 9.59 Å². The Morgan fingerprint density at radius 1 is 1.04 bits per heavy atom. The number of Topliss-reactive ketones (excluding diaryl/α,β-unsaturated/α-hetero) is 1. The number of benzene rings is 2. The number of hydrogen-bond acceptors (Lipinski definition) is 6. The number of nitrogens with zero attached hydrogens (tertiary/aromatic N) is 1. The number of ketones is 1. The standard InChI is InChI=1S/C20H19NO6/c1-21(2)20(23)26-13-6-7-14-16(11-13)27-18(19(14)22)10-12-5-8-15(24-3)17(9-12)25-4/h5-11H,1-4H3. The second-order valence-electron chi connectivity index (χ2n) is 5.97. The van der Waals surface area contributed by atoms with Gasteiger partial charge in [0.25, 0.3) is 0 Å². The van der Waals surface area contributed by atoms with Crippen molar-refractivity contribution in [3.8, 4) is 23.0 Å². The van der Waals surface area contributed by atoms with Gasteiger partial charge in [-0.05, 0) is 35.9 Å². The van der Waals surface area contributed by atoms with Crippen LogP contribution in [0.25, 0.3) is 6.08 Å². The predicted molar refractivity (Wildman–Crippen MR) is 98.6 cm³/mol. The lowest BCUT2D eigenvalue weighted by atomic mass is 10.1. The van der Waals surface area contributed by atoms with E-state index in [1.54, 1.807) is 64.7 Å². The van der Waals surface area contributed by atoms with E-state index >= 15 is 0 Å². The Kier molecular flexibility index (Phi) is 5.03. The van der Waals surface area contributed by atoms with Crippen molar-refractivity contribution in [2.24, 2.45) is 0 Å². The first-order chi connectivity index (χ1) is 12.9. The van der Waals surface area contributed by atoms with Crippen molar-refractivity contribution in [1.82, 2.24) is 4.90 Å². The van der Waals surface area contributed by atoms with Crippen LogP contribution in [0.15, 0.2) is 42.2 Å². The molecule has 2 aromatic rings. The van der Waals surface area contributed by atoms with Crippen LogP contribution in [0, 0.1) is 0 Å². The molecule has 0 spiro atoms. The van der Waals surface area contributed by atoms with Gasteiger partial charge in [0.15, 0.2) is 17.3 Å². The van der Waals surface area contributed by atoms with Crippen molar-refractivity contribution in [3.05, 3.63) is 53.3 Å². The van der Waals surface area contributed by atoms with Crippen LogP contribution >= 0.6 is 0 Å². The highest BCUT2D eigenvalue weighted by Gasteiger charge is 2.28. The maximum Gasteiger partial charge on any atom is 0.414 e. The molecule has 2 aromatic carbocycles. The normalized spacial score (nSPS) is 13.8. The summed E-state index contributed by atoms with van der Waals surface area (Å²) in [5.74, 6) is 1.71. The number of carbonyl (C=O) groups is 2. The lowest BCUT2D eigenvalue weighted by molar-refractivity contribution is 0.101. The molecule has 0 aromatic heterocycles. The molecule has 0 aliphatic carbocycles. The number of carbonyl (C=O) groups excluding carboxylic acids is 2. The van der Waals surface area contributed by atoms with Crippen LogP contribution in [-0.4, -0.2) is 45.1 Å². The third-order valence-corrected chi connectivity index (χ3v) is 3.92. The molecule has 1 amide bonds. The van der Waals surface area contributed by atoms with Crippen LogP contribution in [-0.2, 0) is 0 Å². The number of allylic oxidation sites excluding steroid dienone is 1. The maximum atomic E-state index is 12.6. The fraction of sp³-hybridized carbons (Fsp3) is 0.200. The molecule has 0 saturated heterocycles. The van der Waals surface area contributed by atoms with Crippen molar-refractivity contribution in [2.75, 3.05) is 28.3 Å². The predicted octanol–water partition coefficient (Wildman–Crippen LogP) is 3.38. The second-order valence-corrected chi connectivity index (χ2v) is 5.97. The highest BCUT2D eigenvalue weighted by Crippen LogP contribution is 2.36. The molecule has 140 valence electrons. The fourth-order valence-corrected chi connectivity index (χ4v) is 2.52. The van der Waals surface area contributed by atoms with Crippen LogP contribution in [0.4, 0.5) is 4.79 Å². The quantitative estimate of drug-likeness (QED) is 0.769. The zero-order valence-corrected chi connectivity index (χ0v) is 15.4. The van der Waals surface area contributed by atoms with Gasteiger partial charge in [0.1, 0.15) is 11.5 Å². The number of hydrogen-bond donors (Lipinski definition) is 0. The third-order valence-electron chi connectivity index (χ3n) is 3.92. The zero-order chi connectivity index (χ0) is 19.6. The Bertz CT molecular complexity index is 932. The molecular weight excluding hydrogens is 350 g/mol. The van der Waals surface area contributed by atoms with Crippen LogP contribution < -0.4 is 18.9 Å². The van der Waals surface area contributed by atoms with Crippen LogP contribution in [0.2, 0.25) is 0 Å². The third kappa shape index (κ3) is 3.72. The van der Waals surface area contributed by atoms with Crippen molar-refractivity contribution in [2.45, 2.75) is 0 Å².